The van der Waals surface area contributed by atoms with Crippen molar-refractivity contribution in [2.45, 2.75) is 38.9 Å². The van der Waals surface area contributed by atoms with Crippen LogP contribution in [0, 0.1) is 5.82 Å². The van der Waals surface area contributed by atoms with Crippen LogP contribution in [0.1, 0.15) is 37.5 Å². The molecule has 1 saturated heterocycles. The summed E-state index contributed by atoms with van der Waals surface area (Å²) in [5.74, 6) is -0.624. The molecular formula is C16H21FO4. The van der Waals surface area contributed by atoms with E-state index in [0.29, 0.717) is 25.2 Å². The van der Waals surface area contributed by atoms with Crippen LogP contribution in [0.4, 0.5) is 4.39 Å². The minimum atomic E-state index is -0.313. The van der Waals surface area contributed by atoms with Crippen molar-refractivity contribution in [3.8, 4) is 0 Å². The fraction of sp³-hybridized carbons (Fsp3) is 0.562. The molecule has 2 rings (SSSR count). The third-order valence-corrected chi connectivity index (χ3v) is 3.41. The van der Waals surface area contributed by atoms with E-state index in [9.17, 15) is 9.18 Å². The molecule has 0 aliphatic carbocycles. The number of hydrogen-bond acceptors (Lipinski definition) is 4. The summed E-state index contributed by atoms with van der Waals surface area (Å²) < 4.78 is 29.7. The van der Waals surface area contributed by atoms with Crippen LogP contribution in [0.2, 0.25) is 0 Å². The Labute approximate surface area is 124 Å². The highest BCUT2D eigenvalue weighted by Crippen LogP contribution is 2.26. The number of benzene rings is 1. The largest absolute Gasteiger partial charge is 0.466 e. The second kappa shape index (κ2) is 7.52. The first kappa shape index (κ1) is 15.9. The van der Waals surface area contributed by atoms with Gasteiger partial charge in [-0.05, 0) is 37.5 Å². The van der Waals surface area contributed by atoms with Crippen LogP contribution in [0.15, 0.2) is 18.2 Å². The van der Waals surface area contributed by atoms with Crippen LogP contribution in [-0.4, -0.2) is 31.9 Å². The molecule has 1 fully saturated rings. The third kappa shape index (κ3) is 4.79. The average molecular weight is 296 g/mol. The standard InChI is InChI=1S/C16H21FO4/c1-3-19-16(18)8-7-14-13(5-4-6-15(14)17)11(2)20-9-12-10-21-12/h4-6,11-12H,3,7-10H2,1-2H3/t11-,12+/m1/s1. The fourth-order valence-corrected chi connectivity index (χ4v) is 2.19. The van der Waals surface area contributed by atoms with Gasteiger partial charge in [-0.25, -0.2) is 4.39 Å². The molecule has 0 amide bonds. The Morgan fingerprint density at radius 2 is 2.29 bits per heavy atom. The lowest BCUT2D eigenvalue weighted by molar-refractivity contribution is -0.143. The Hall–Kier alpha value is -1.46. The number of carbonyl (C=O) groups is 1. The van der Waals surface area contributed by atoms with Gasteiger partial charge in [-0.15, -0.1) is 0 Å². The van der Waals surface area contributed by atoms with Gasteiger partial charge in [0.1, 0.15) is 11.9 Å². The predicted molar refractivity (Wildman–Crippen MR) is 75.5 cm³/mol. The molecule has 0 N–H and O–H groups in total. The molecule has 1 aromatic carbocycles. The molecular weight excluding hydrogens is 275 g/mol. The molecule has 116 valence electrons. The van der Waals surface area contributed by atoms with Crippen molar-refractivity contribution in [1.82, 2.24) is 0 Å². The summed E-state index contributed by atoms with van der Waals surface area (Å²) in [5.41, 5.74) is 1.30. The maximum atomic E-state index is 14.0. The zero-order valence-corrected chi connectivity index (χ0v) is 12.4. The minimum absolute atomic E-state index is 0.167. The number of hydrogen-bond donors (Lipinski definition) is 0. The zero-order chi connectivity index (χ0) is 15.2. The van der Waals surface area contributed by atoms with Crippen molar-refractivity contribution in [3.63, 3.8) is 0 Å². The molecule has 4 nitrogen and oxygen atoms in total. The molecule has 0 saturated carbocycles. The summed E-state index contributed by atoms with van der Waals surface area (Å²) >= 11 is 0. The predicted octanol–water partition coefficient (Wildman–Crippen LogP) is 2.80. The summed E-state index contributed by atoms with van der Waals surface area (Å²) in [6, 6.07) is 4.90. The average Bonchev–Trinajstić information content (AvgIpc) is 3.27. The molecule has 1 aromatic rings. The molecule has 1 aliphatic rings. The lowest BCUT2D eigenvalue weighted by atomic mass is 9.98. The van der Waals surface area contributed by atoms with Crippen molar-refractivity contribution in [2.75, 3.05) is 19.8 Å². The normalized spacial score (nSPS) is 18.3. The van der Waals surface area contributed by atoms with Crippen LogP contribution in [0.5, 0.6) is 0 Å². The Morgan fingerprint density at radius 1 is 1.52 bits per heavy atom. The van der Waals surface area contributed by atoms with Crippen molar-refractivity contribution >= 4 is 5.97 Å². The van der Waals surface area contributed by atoms with E-state index >= 15 is 0 Å². The number of esters is 1. The first-order chi connectivity index (χ1) is 10.1. The number of epoxide rings is 1. The highest BCUT2D eigenvalue weighted by molar-refractivity contribution is 5.69. The Kier molecular flexibility index (Phi) is 5.70. The monoisotopic (exact) mass is 296 g/mol. The fourth-order valence-electron chi connectivity index (χ4n) is 2.19. The first-order valence-corrected chi connectivity index (χ1v) is 7.28. The number of carbonyl (C=O) groups excluding carboxylic acids is 1. The van der Waals surface area contributed by atoms with Crippen molar-refractivity contribution < 1.29 is 23.4 Å². The van der Waals surface area contributed by atoms with E-state index in [0.717, 1.165) is 12.2 Å². The van der Waals surface area contributed by atoms with Crippen LogP contribution in [0.25, 0.3) is 0 Å². The van der Waals surface area contributed by atoms with Crippen LogP contribution in [0.3, 0.4) is 0 Å². The zero-order valence-electron chi connectivity index (χ0n) is 12.4. The molecule has 0 radical (unpaired) electrons. The topological polar surface area (TPSA) is 48.1 Å². The highest BCUT2D eigenvalue weighted by Gasteiger charge is 2.24. The Bertz CT molecular complexity index is 485. The van der Waals surface area contributed by atoms with E-state index in [1.807, 2.05) is 13.0 Å². The Morgan fingerprint density at radius 3 is 2.95 bits per heavy atom. The molecule has 0 unspecified atom stereocenters. The summed E-state index contributed by atoms with van der Waals surface area (Å²) in [7, 11) is 0. The highest BCUT2D eigenvalue weighted by atomic mass is 19.1. The Balaban J connectivity index is 2.01. The minimum Gasteiger partial charge on any atom is -0.466 e. The van der Waals surface area contributed by atoms with Gasteiger partial charge in [0, 0.05) is 6.42 Å². The first-order valence-electron chi connectivity index (χ1n) is 7.28. The van der Waals surface area contributed by atoms with Crippen molar-refractivity contribution in [3.05, 3.63) is 35.1 Å². The van der Waals surface area contributed by atoms with Crippen LogP contribution in [-0.2, 0) is 25.4 Å². The quantitative estimate of drug-likeness (QED) is 0.547. The van der Waals surface area contributed by atoms with Crippen molar-refractivity contribution in [1.29, 1.82) is 0 Å². The molecule has 0 aromatic heterocycles. The smallest absolute Gasteiger partial charge is 0.306 e. The van der Waals surface area contributed by atoms with E-state index in [1.165, 1.54) is 6.07 Å². The molecule has 2 atom stereocenters. The third-order valence-electron chi connectivity index (χ3n) is 3.41. The van der Waals surface area contributed by atoms with Gasteiger partial charge in [-0.3, -0.25) is 4.79 Å². The second-order valence-electron chi connectivity index (χ2n) is 5.04. The summed E-state index contributed by atoms with van der Waals surface area (Å²) in [4.78, 5) is 11.4. The van der Waals surface area contributed by atoms with Gasteiger partial charge in [0.05, 0.1) is 25.9 Å². The number of rotatable bonds is 8. The van der Waals surface area contributed by atoms with Crippen LogP contribution >= 0.6 is 0 Å². The SMILES string of the molecule is CCOC(=O)CCc1c(F)cccc1[C@@H](C)OC[C@H]1CO1. The number of ether oxygens (including phenoxy) is 3. The van der Waals surface area contributed by atoms with E-state index in [2.05, 4.69) is 0 Å². The van der Waals surface area contributed by atoms with Gasteiger partial charge in [0.25, 0.3) is 0 Å². The summed E-state index contributed by atoms with van der Waals surface area (Å²) in [6.07, 6.45) is 0.417. The van der Waals surface area contributed by atoms with E-state index < -0.39 is 0 Å². The van der Waals surface area contributed by atoms with Gasteiger partial charge in [-0.2, -0.15) is 0 Å². The molecule has 1 aliphatic heterocycles. The molecule has 0 spiro atoms. The van der Waals surface area contributed by atoms with Gasteiger partial charge in [0.2, 0.25) is 0 Å². The van der Waals surface area contributed by atoms with Crippen molar-refractivity contribution in [2.24, 2.45) is 0 Å². The molecule has 21 heavy (non-hydrogen) atoms. The maximum absolute atomic E-state index is 14.0. The molecule has 0 bridgehead atoms. The molecule has 1 heterocycles. The number of halogens is 1. The van der Waals surface area contributed by atoms with Crippen LogP contribution < -0.4 is 0 Å². The summed E-state index contributed by atoms with van der Waals surface area (Å²) in [6.45, 7) is 5.21. The maximum Gasteiger partial charge on any atom is 0.306 e. The second-order valence-corrected chi connectivity index (χ2v) is 5.04. The molecule has 5 heteroatoms. The summed E-state index contributed by atoms with van der Waals surface area (Å²) in [5, 5.41) is 0. The van der Waals surface area contributed by atoms with Gasteiger partial charge >= 0.3 is 5.97 Å². The lowest BCUT2D eigenvalue weighted by Gasteiger charge is -2.17. The van der Waals surface area contributed by atoms with Gasteiger partial charge in [0.15, 0.2) is 0 Å². The van der Waals surface area contributed by atoms with Gasteiger partial charge < -0.3 is 14.2 Å². The van der Waals surface area contributed by atoms with E-state index in [-0.39, 0.29) is 30.4 Å². The lowest BCUT2D eigenvalue weighted by Crippen LogP contribution is -2.11. The van der Waals surface area contributed by atoms with E-state index in [4.69, 9.17) is 14.2 Å². The van der Waals surface area contributed by atoms with E-state index in [1.54, 1.807) is 13.0 Å². The van der Waals surface area contributed by atoms with Gasteiger partial charge in [-0.1, -0.05) is 12.1 Å².